The van der Waals surface area contributed by atoms with E-state index < -0.39 is 6.43 Å². The van der Waals surface area contributed by atoms with Gasteiger partial charge in [-0.25, -0.2) is 8.78 Å². The van der Waals surface area contributed by atoms with Gasteiger partial charge >= 0.3 is 0 Å². The normalized spacial score (nSPS) is 12.4. The van der Waals surface area contributed by atoms with Crippen LogP contribution in [0.2, 0.25) is 0 Å². The van der Waals surface area contributed by atoms with E-state index in [9.17, 15) is 8.78 Å². The fraction of sp³-hybridized carbons (Fsp3) is 0.625. The summed E-state index contributed by atoms with van der Waals surface area (Å²) in [7, 11) is 1.72. The zero-order valence-electron chi connectivity index (χ0n) is 12.9. The Hall–Kier alpha value is -1.00. The quantitative estimate of drug-likeness (QED) is 0.826. The molecule has 20 heavy (non-hydrogen) atoms. The third-order valence-electron chi connectivity index (χ3n) is 2.99. The fourth-order valence-electron chi connectivity index (χ4n) is 2.01. The van der Waals surface area contributed by atoms with E-state index in [1.807, 2.05) is 12.1 Å². The zero-order valence-corrected chi connectivity index (χ0v) is 12.9. The molecule has 4 heteroatoms. The highest BCUT2D eigenvalue weighted by molar-refractivity contribution is 5.22. The molecule has 0 bridgehead atoms. The first-order valence-electron chi connectivity index (χ1n) is 7.06. The summed E-state index contributed by atoms with van der Waals surface area (Å²) >= 11 is 0. The molecule has 0 amide bonds. The van der Waals surface area contributed by atoms with Gasteiger partial charge in [0, 0.05) is 12.1 Å². The number of hydrogen-bond acceptors (Lipinski definition) is 2. The second kappa shape index (κ2) is 7.70. The van der Waals surface area contributed by atoms with Crippen molar-refractivity contribution in [2.24, 2.45) is 0 Å². The van der Waals surface area contributed by atoms with Crippen molar-refractivity contribution in [2.75, 3.05) is 20.1 Å². The molecule has 0 atom stereocenters. The van der Waals surface area contributed by atoms with Gasteiger partial charge in [0.15, 0.2) is 0 Å². The Balaban J connectivity index is 2.40. The lowest BCUT2D eigenvalue weighted by atomic mass is 10.1. The van der Waals surface area contributed by atoms with Crippen molar-refractivity contribution < 1.29 is 8.78 Å². The first-order chi connectivity index (χ1) is 9.26. The maximum Gasteiger partial charge on any atom is 0.251 e. The largest absolute Gasteiger partial charge is 0.312 e. The van der Waals surface area contributed by atoms with Crippen LogP contribution < -0.4 is 5.32 Å². The summed E-state index contributed by atoms with van der Waals surface area (Å²) in [6.07, 6.45) is -1.30. The van der Waals surface area contributed by atoms with Gasteiger partial charge in [-0.1, -0.05) is 24.3 Å². The van der Waals surface area contributed by atoms with Gasteiger partial charge in [0.1, 0.15) is 0 Å². The molecule has 0 aromatic heterocycles. The molecular formula is C16H26F2N2. The van der Waals surface area contributed by atoms with Crippen molar-refractivity contribution >= 4 is 0 Å². The molecular weight excluding hydrogens is 258 g/mol. The number of nitrogens with one attached hydrogen (secondary N) is 1. The number of hydrogen-bond donors (Lipinski definition) is 1. The van der Waals surface area contributed by atoms with Crippen LogP contribution >= 0.6 is 0 Å². The molecule has 0 radical (unpaired) electrons. The summed E-state index contributed by atoms with van der Waals surface area (Å²) in [6, 6.07) is 8.20. The van der Waals surface area contributed by atoms with Crippen molar-refractivity contribution in [3.05, 3.63) is 35.4 Å². The molecule has 0 saturated carbocycles. The Kier molecular flexibility index (Phi) is 6.56. The predicted octanol–water partition coefficient (Wildman–Crippen LogP) is 3.31. The maximum absolute atomic E-state index is 12.2. The van der Waals surface area contributed by atoms with Crippen LogP contribution in [0.3, 0.4) is 0 Å². The van der Waals surface area contributed by atoms with Crippen molar-refractivity contribution in [2.45, 2.75) is 45.7 Å². The van der Waals surface area contributed by atoms with Gasteiger partial charge in [-0.15, -0.1) is 0 Å². The molecule has 0 aliphatic carbocycles. The number of benzene rings is 1. The van der Waals surface area contributed by atoms with Crippen LogP contribution in [0.1, 0.15) is 31.9 Å². The minimum atomic E-state index is -2.28. The Bertz CT molecular complexity index is 382. The van der Waals surface area contributed by atoms with Crippen molar-refractivity contribution in [1.82, 2.24) is 10.2 Å². The molecule has 0 fully saturated rings. The third-order valence-corrected chi connectivity index (χ3v) is 2.99. The Labute approximate surface area is 121 Å². The molecule has 1 rings (SSSR count). The van der Waals surface area contributed by atoms with Crippen molar-refractivity contribution in [1.29, 1.82) is 0 Å². The van der Waals surface area contributed by atoms with Crippen LogP contribution in [0, 0.1) is 0 Å². The van der Waals surface area contributed by atoms with E-state index in [-0.39, 0.29) is 12.1 Å². The standard InChI is InChI=1S/C16H26F2N2/c1-16(2,3)19-10-9-13-5-7-14(8-6-13)11-20(4)12-15(17)18/h5-8,15,19H,9-12H2,1-4H3. The summed E-state index contributed by atoms with van der Waals surface area (Å²) in [5, 5.41) is 3.45. The highest BCUT2D eigenvalue weighted by Gasteiger charge is 2.09. The van der Waals surface area contributed by atoms with Crippen LogP contribution in [0.4, 0.5) is 8.78 Å². The zero-order chi connectivity index (χ0) is 15.2. The van der Waals surface area contributed by atoms with E-state index in [1.54, 1.807) is 11.9 Å². The van der Waals surface area contributed by atoms with Crippen LogP contribution in [-0.2, 0) is 13.0 Å². The van der Waals surface area contributed by atoms with E-state index in [4.69, 9.17) is 0 Å². The average molecular weight is 284 g/mol. The smallest absolute Gasteiger partial charge is 0.251 e. The highest BCUT2D eigenvalue weighted by atomic mass is 19.3. The van der Waals surface area contributed by atoms with Gasteiger partial charge in [0.05, 0.1) is 6.54 Å². The average Bonchev–Trinajstić information content (AvgIpc) is 2.28. The number of nitrogens with zero attached hydrogens (tertiary/aromatic N) is 1. The van der Waals surface area contributed by atoms with Gasteiger partial charge in [-0.3, -0.25) is 4.90 Å². The van der Waals surface area contributed by atoms with Gasteiger partial charge < -0.3 is 5.32 Å². The molecule has 0 aliphatic heterocycles. The predicted molar refractivity (Wildman–Crippen MR) is 80.2 cm³/mol. The van der Waals surface area contributed by atoms with Gasteiger partial charge in [-0.2, -0.15) is 0 Å². The lowest BCUT2D eigenvalue weighted by molar-refractivity contribution is 0.0975. The molecule has 0 aliphatic rings. The van der Waals surface area contributed by atoms with Gasteiger partial charge in [0.25, 0.3) is 6.43 Å². The topological polar surface area (TPSA) is 15.3 Å². The molecule has 0 heterocycles. The summed E-state index contributed by atoms with van der Waals surface area (Å²) in [6.45, 7) is 7.76. The third kappa shape index (κ3) is 7.56. The number of alkyl halides is 2. The minimum Gasteiger partial charge on any atom is -0.312 e. The molecule has 1 N–H and O–H groups in total. The SMILES string of the molecule is CN(Cc1ccc(CCNC(C)(C)C)cc1)CC(F)F. The molecule has 1 aromatic carbocycles. The number of rotatable bonds is 7. The fourth-order valence-corrected chi connectivity index (χ4v) is 2.01. The van der Waals surface area contributed by atoms with E-state index in [0.717, 1.165) is 18.5 Å². The molecule has 0 spiro atoms. The summed E-state index contributed by atoms with van der Waals surface area (Å²) in [5.74, 6) is 0. The highest BCUT2D eigenvalue weighted by Crippen LogP contribution is 2.09. The van der Waals surface area contributed by atoms with E-state index in [1.165, 1.54) is 5.56 Å². The van der Waals surface area contributed by atoms with Crippen LogP contribution in [-0.4, -0.2) is 37.0 Å². The summed E-state index contributed by atoms with van der Waals surface area (Å²) in [4.78, 5) is 1.64. The van der Waals surface area contributed by atoms with Crippen LogP contribution in [0.15, 0.2) is 24.3 Å². The summed E-state index contributed by atoms with van der Waals surface area (Å²) in [5.41, 5.74) is 2.47. The first-order valence-corrected chi connectivity index (χ1v) is 7.06. The second-order valence-electron chi connectivity index (χ2n) is 6.33. The Morgan fingerprint density at radius 2 is 1.65 bits per heavy atom. The molecule has 2 nitrogen and oxygen atoms in total. The lowest BCUT2D eigenvalue weighted by Crippen LogP contribution is -2.37. The van der Waals surface area contributed by atoms with Gasteiger partial charge in [-0.05, 0) is 51.9 Å². The van der Waals surface area contributed by atoms with Crippen LogP contribution in [0.25, 0.3) is 0 Å². The Morgan fingerprint density at radius 1 is 1.10 bits per heavy atom. The van der Waals surface area contributed by atoms with Crippen molar-refractivity contribution in [3.63, 3.8) is 0 Å². The summed E-state index contributed by atoms with van der Waals surface area (Å²) < 4.78 is 24.5. The molecule has 1 aromatic rings. The maximum atomic E-state index is 12.2. The van der Waals surface area contributed by atoms with E-state index in [0.29, 0.717) is 6.54 Å². The van der Waals surface area contributed by atoms with E-state index in [2.05, 4.69) is 38.2 Å². The van der Waals surface area contributed by atoms with E-state index >= 15 is 0 Å². The minimum absolute atomic E-state index is 0.137. The van der Waals surface area contributed by atoms with Crippen LogP contribution in [0.5, 0.6) is 0 Å². The Morgan fingerprint density at radius 3 is 2.15 bits per heavy atom. The monoisotopic (exact) mass is 284 g/mol. The number of halogens is 2. The van der Waals surface area contributed by atoms with Gasteiger partial charge in [0.2, 0.25) is 0 Å². The molecule has 0 saturated heterocycles. The molecule has 114 valence electrons. The second-order valence-corrected chi connectivity index (χ2v) is 6.33. The molecule has 0 unspecified atom stereocenters. The van der Waals surface area contributed by atoms with Crippen molar-refractivity contribution in [3.8, 4) is 0 Å². The first kappa shape index (κ1) is 17.1. The lowest BCUT2D eigenvalue weighted by Gasteiger charge is -2.20.